The van der Waals surface area contributed by atoms with Crippen molar-refractivity contribution in [1.29, 1.82) is 0 Å². The van der Waals surface area contributed by atoms with Crippen LogP contribution in [0.5, 0.6) is 5.75 Å². The number of aryl methyl sites for hydroxylation is 1. The van der Waals surface area contributed by atoms with Crippen LogP contribution in [-0.4, -0.2) is 11.6 Å². The molecule has 4 heteroatoms. The molecule has 2 rings (SSSR count). The van der Waals surface area contributed by atoms with Crippen molar-refractivity contribution in [1.82, 2.24) is 4.98 Å². The Balaban J connectivity index is 2.21. The molecule has 1 heterocycles. The van der Waals surface area contributed by atoms with Gasteiger partial charge in [-0.25, -0.2) is 0 Å². The summed E-state index contributed by atoms with van der Waals surface area (Å²) in [5.74, 6) is 0.145. The molecule has 1 aromatic heterocycles. The van der Waals surface area contributed by atoms with Gasteiger partial charge in [0.1, 0.15) is 5.75 Å². The Morgan fingerprint density at radius 1 is 1.21 bits per heavy atom. The normalized spacial score (nSPS) is 10.7. The summed E-state index contributed by atoms with van der Waals surface area (Å²) in [4.78, 5) is 4.34. The van der Waals surface area contributed by atoms with Crippen molar-refractivity contribution in [2.45, 2.75) is 26.4 Å². The summed E-state index contributed by atoms with van der Waals surface area (Å²) in [6.07, 6.45) is 3.88. The van der Waals surface area contributed by atoms with Crippen LogP contribution in [0.4, 0.5) is 8.78 Å². The van der Waals surface area contributed by atoms with Crippen LogP contribution < -0.4 is 4.74 Å². The minimum atomic E-state index is -2.81. The Morgan fingerprint density at radius 2 is 2.05 bits per heavy atom. The average Bonchev–Trinajstić information content (AvgIpc) is 2.39. The van der Waals surface area contributed by atoms with Crippen molar-refractivity contribution in [3.63, 3.8) is 0 Å². The van der Waals surface area contributed by atoms with E-state index in [0.29, 0.717) is 0 Å². The Morgan fingerprint density at radius 3 is 2.68 bits per heavy atom. The van der Waals surface area contributed by atoms with Gasteiger partial charge in [0.05, 0.1) is 5.69 Å². The van der Waals surface area contributed by atoms with E-state index in [1.165, 1.54) is 11.6 Å². The SMILES string of the molecule is CCCc1ccc(-c2cccc(OC(F)F)c2)nc1. The first-order valence-corrected chi connectivity index (χ1v) is 6.19. The van der Waals surface area contributed by atoms with Gasteiger partial charge in [-0.15, -0.1) is 0 Å². The molecule has 0 saturated heterocycles. The first-order valence-electron chi connectivity index (χ1n) is 6.19. The van der Waals surface area contributed by atoms with Crippen LogP contribution in [0.1, 0.15) is 18.9 Å². The zero-order valence-corrected chi connectivity index (χ0v) is 10.6. The van der Waals surface area contributed by atoms with Crippen molar-refractivity contribution >= 4 is 0 Å². The lowest BCUT2D eigenvalue weighted by Gasteiger charge is -2.07. The predicted molar refractivity (Wildman–Crippen MR) is 70.3 cm³/mol. The molecule has 2 aromatic rings. The molecule has 0 bridgehead atoms. The maximum Gasteiger partial charge on any atom is 0.387 e. The number of pyridine rings is 1. The van der Waals surface area contributed by atoms with Gasteiger partial charge in [-0.3, -0.25) is 4.98 Å². The molecule has 0 aliphatic rings. The summed E-state index contributed by atoms with van der Waals surface area (Å²) in [5, 5.41) is 0. The number of aromatic nitrogens is 1. The molecule has 0 amide bonds. The first kappa shape index (κ1) is 13.5. The van der Waals surface area contributed by atoms with E-state index in [0.717, 1.165) is 24.1 Å². The largest absolute Gasteiger partial charge is 0.435 e. The third-order valence-corrected chi connectivity index (χ3v) is 2.72. The zero-order valence-electron chi connectivity index (χ0n) is 10.6. The quantitative estimate of drug-likeness (QED) is 0.802. The molecule has 100 valence electrons. The second-order valence-electron chi connectivity index (χ2n) is 4.21. The fourth-order valence-corrected chi connectivity index (χ4v) is 1.86. The van der Waals surface area contributed by atoms with Gasteiger partial charge >= 0.3 is 6.61 Å². The van der Waals surface area contributed by atoms with Crippen LogP contribution in [0, 0.1) is 0 Å². The van der Waals surface area contributed by atoms with E-state index in [2.05, 4.69) is 16.6 Å². The van der Waals surface area contributed by atoms with E-state index in [-0.39, 0.29) is 5.75 Å². The van der Waals surface area contributed by atoms with Crippen molar-refractivity contribution in [2.24, 2.45) is 0 Å². The van der Waals surface area contributed by atoms with Gasteiger partial charge in [0.25, 0.3) is 0 Å². The standard InChI is InChI=1S/C15H15F2NO/c1-2-4-11-7-8-14(18-10-11)12-5-3-6-13(9-12)19-15(16)17/h3,5-10,15H,2,4H2,1H3. The number of rotatable bonds is 5. The first-order chi connectivity index (χ1) is 9.19. The number of nitrogens with zero attached hydrogens (tertiary/aromatic N) is 1. The van der Waals surface area contributed by atoms with Gasteiger partial charge in [-0.2, -0.15) is 8.78 Å². The van der Waals surface area contributed by atoms with Gasteiger partial charge in [-0.1, -0.05) is 31.5 Å². The van der Waals surface area contributed by atoms with E-state index in [4.69, 9.17) is 0 Å². The van der Waals surface area contributed by atoms with Gasteiger partial charge in [-0.05, 0) is 30.2 Å². The van der Waals surface area contributed by atoms with Crippen molar-refractivity contribution in [3.05, 3.63) is 48.2 Å². The molecule has 0 fully saturated rings. The highest BCUT2D eigenvalue weighted by molar-refractivity contribution is 5.61. The molecule has 19 heavy (non-hydrogen) atoms. The summed E-state index contributed by atoms with van der Waals surface area (Å²) in [7, 11) is 0. The summed E-state index contributed by atoms with van der Waals surface area (Å²) in [5.41, 5.74) is 2.69. The maximum atomic E-state index is 12.2. The minimum absolute atomic E-state index is 0.145. The van der Waals surface area contributed by atoms with Gasteiger partial charge in [0.2, 0.25) is 0 Å². The predicted octanol–water partition coefficient (Wildman–Crippen LogP) is 4.30. The molecule has 1 aromatic carbocycles. The Kier molecular flexibility index (Phi) is 4.44. The average molecular weight is 263 g/mol. The molecule has 0 spiro atoms. The maximum absolute atomic E-state index is 12.2. The van der Waals surface area contributed by atoms with Crippen LogP contribution >= 0.6 is 0 Å². The van der Waals surface area contributed by atoms with Crippen molar-refractivity contribution in [3.8, 4) is 17.0 Å². The number of alkyl halides is 2. The van der Waals surface area contributed by atoms with E-state index in [1.54, 1.807) is 12.1 Å². The minimum Gasteiger partial charge on any atom is -0.435 e. The molecular weight excluding hydrogens is 248 g/mol. The highest BCUT2D eigenvalue weighted by atomic mass is 19.3. The van der Waals surface area contributed by atoms with Crippen LogP contribution in [-0.2, 0) is 6.42 Å². The molecule has 0 atom stereocenters. The van der Waals surface area contributed by atoms with Crippen LogP contribution in [0.25, 0.3) is 11.3 Å². The smallest absolute Gasteiger partial charge is 0.387 e. The Hall–Kier alpha value is -1.97. The fraction of sp³-hybridized carbons (Fsp3) is 0.267. The summed E-state index contributed by atoms with van der Waals surface area (Å²) in [6, 6.07) is 10.5. The summed E-state index contributed by atoms with van der Waals surface area (Å²) < 4.78 is 28.7. The highest BCUT2D eigenvalue weighted by Crippen LogP contribution is 2.23. The number of halogens is 2. The lowest BCUT2D eigenvalue weighted by Crippen LogP contribution is -2.01. The molecule has 0 N–H and O–H groups in total. The molecular formula is C15H15F2NO. The lowest BCUT2D eigenvalue weighted by atomic mass is 10.1. The van der Waals surface area contributed by atoms with Crippen LogP contribution in [0.3, 0.4) is 0 Å². The Labute approximate surface area is 111 Å². The second kappa shape index (κ2) is 6.27. The molecule has 0 unspecified atom stereocenters. The fourth-order valence-electron chi connectivity index (χ4n) is 1.86. The molecule has 0 saturated carbocycles. The van der Waals surface area contributed by atoms with Crippen LogP contribution in [0.2, 0.25) is 0 Å². The van der Waals surface area contributed by atoms with Gasteiger partial charge < -0.3 is 4.74 Å². The van der Waals surface area contributed by atoms with E-state index in [1.807, 2.05) is 24.4 Å². The third kappa shape index (κ3) is 3.74. The summed E-state index contributed by atoms with van der Waals surface area (Å²) in [6.45, 7) is -0.700. The number of benzene rings is 1. The molecule has 2 nitrogen and oxygen atoms in total. The van der Waals surface area contributed by atoms with Crippen LogP contribution in [0.15, 0.2) is 42.6 Å². The monoisotopic (exact) mass is 263 g/mol. The number of hydrogen-bond acceptors (Lipinski definition) is 2. The molecule has 0 aliphatic heterocycles. The lowest BCUT2D eigenvalue weighted by molar-refractivity contribution is -0.0498. The van der Waals surface area contributed by atoms with E-state index >= 15 is 0 Å². The zero-order chi connectivity index (χ0) is 13.7. The topological polar surface area (TPSA) is 22.1 Å². The van der Waals surface area contributed by atoms with Crippen molar-refractivity contribution in [2.75, 3.05) is 0 Å². The molecule has 0 radical (unpaired) electrons. The Bertz CT molecular complexity index is 526. The second-order valence-corrected chi connectivity index (χ2v) is 4.21. The molecule has 0 aliphatic carbocycles. The van der Waals surface area contributed by atoms with E-state index < -0.39 is 6.61 Å². The number of hydrogen-bond donors (Lipinski definition) is 0. The van der Waals surface area contributed by atoms with E-state index in [9.17, 15) is 8.78 Å². The third-order valence-electron chi connectivity index (χ3n) is 2.72. The van der Waals surface area contributed by atoms with Gasteiger partial charge in [0.15, 0.2) is 0 Å². The summed E-state index contributed by atoms with van der Waals surface area (Å²) >= 11 is 0. The van der Waals surface area contributed by atoms with Crippen molar-refractivity contribution < 1.29 is 13.5 Å². The number of ether oxygens (including phenoxy) is 1. The highest BCUT2D eigenvalue weighted by Gasteiger charge is 2.06. The van der Waals surface area contributed by atoms with Gasteiger partial charge in [0, 0.05) is 11.8 Å².